The van der Waals surface area contributed by atoms with Crippen LogP contribution in [0.25, 0.3) is 22.5 Å². The van der Waals surface area contributed by atoms with Gasteiger partial charge in [0.15, 0.2) is 5.82 Å². The maximum Gasteiger partial charge on any atom is 0.204 e. The van der Waals surface area contributed by atoms with Crippen molar-refractivity contribution in [2.24, 2.45) is 10.7 Å². The number of nitrogens with two attached hydrogens (primary N) is 1. The van der Waals surface area contributed by atoms with Crippen molar-refractivity contribution in [2.45, 2.75) is 27.2 Å². The Hall–Kier alpha value is -4.51. The summed E-state index contributed by atoms with van der Waals surface area (Å²) in [7, 11) is 1.63. The Balaban J connectivity index is 0.00000127. The smallest absolute Gasteiger partial charge is 0.204 e. The fourth-order valence-electron chi connectivity index (χ4n) is 3.42. The maximum atomic E-state index is 8.58. The summed E-state index contributed by atoms with van der Waals surface area (Å²) in [6.45, 7) is 6.60. The number of carbonyl (C=O) groups is 1. The monoisotopic (exact) mass is 531 g/mol. The molecule has 38 heavy (non-hydrogen) atoms. The Morgan fingerprint density at radius 2 is 1.74 bits per heavy atom. The van der Waals surface area contributed by atoms with Crippen LogP contribution in [0.15, 0.2) is 54.0 Å². The zero-order chi connectivity index (χ0) is 27.5. The highest BCUT2D eigenvalue weighted by Crippen LogP contribution is 2.32. The highest BCUT2D eigenvalue weighted by molar-refractivity contribution is 7.71. The van der Waals surface area contributed by atoms with Gasteiger partial charge in [-0.25, -0.2) is 9.98 Å². The van der Waals surface area contributed by atoms with Crippen LogP contribution in [0.2, 0.25) is 0 Å². The number of aryl methyl sites for hydroxylation is 2. The van der Waals surface area contributed by atoms with Crippen molar-refractivity contribution < 1.29 is 14.3 Å². The average molecular weight is 532 g/mol. The van der Waals surface area contributed by atoms with Crippen molar-refractivity contribution in [3.8, 4) is 34.0 Å². The van der Waals surface area contributed by atoms with Crippen molar-refractivity contribution >= 4 is 30.7 Å². The van der Waals surface area contributed by atoms with Gasteiger partial charge in [-0.2, -0.15) is 0 Å². The minimum absolute atomic E-state index is 0.250. The predicted molar refractivity (Wildman–Crippen MR) is 149 cm³/mol. The number of hydrogen-bond donors (Lipinski definition) is 2. The molecular formula is C27H29N7O3S. The van der Waals surface area contributed by atoms with E-state index in [2.05, 4.69) is 42.6 Å². The normalized spacial score (nSPS) is 10.5. The van der Waals surface area contributed by atoms with E-state index >= 15 is 0 Å². The third-order valence-electron chi connectivity index (χ3n) is 5.16. The van der Waals surface area contributed by atoms with Crippen molar-refractivity contribution in [1.29, 1.82) is 0 Å². The van der Waals surface area contributed by atoms with E-state index in [1.54, 1.807) is 38.1 Å². The number of primary amides is 1. The van der Waals surface area contributed by atoms with Crippen LogP contribution in [0.3, 0.4) is 0 Å². The first-order chi connectivity index (χ1) is 18.4. The Labute approximate surface area is 226 Å². The second-order valence-corrected chi connectivity index (χ2v) is 8.42. The molecule has 0 aliphatic rings. The molecule has 0 radical (unpaired) electrons. The van der Waals surface area contributed by atoms with E-state index in [0.29, 0.717) is 34.2 Å². The molecule has 11 heteroatoms. The highest BCUT2D eigenvalue weighted by Gasteiger charge is 2.12. The largest absolute Gasteiger partial charge is 0.494 e. The van der Waals surface area contributed by atoms with Gasteiger partial charge in [-0.1, -0.05) is 19.1 Å². The van der Waals surface area contributed by atoms with E-state index in [-0.39, 0.29) is 6.41 Å². The van der Waals surface area contributed by atoms with E-state index in [1.807, 2.05) is 38.1 Å². The van der Waals surface area contributed by atoms with Crippen molar-refractivity contribution in [3.63, 3.8) is 0 Å². The first-order valence-electron chi connectivity index (χ1n) is 11.8. The summed E-state index contributed by atoms with van der Waals surface area (Å²) in [5.41, 5.74) is 10.0. The Morgan fingerprint density at radius 3 is 2.37 bits per heavy atom. The van der Waals surface area contributed by atoms with Gasteiger partial charge in [-0.3, -0.25) is 19.7 Å². The van der Waals surface area contributed by atoms with Crippen LogP contribution < -0.4 is 15.2 Å². The molecule has 0 saturated carbocycles. The molecule has 4 aromatic heterocycles. The maximum absolute atomic E-state index is 8.58. The lowest BCUT2D eigenvalue weighted by atomic mass is 10.0. The molecule has 10 nitrogen and oxygen atoms in total. The van der Waals surface area contributed by atoms with Crippen LogP contribution in [0, 0.1) is 18.5 Å². The molecule has 0 spiro atoms. The van der Waals surface area contributed by atoms with Crippen LogP contribution in [0.1, 0.15) is 30.3 Å². The van der Waals surface area contributed by atoms with Gasteiger partial charge in [-0.05, 0) is 50.1 Å². The Kier molecular flexibility index (Phi) is 10.1. The quantitative estimate of drug-likeness (QED) is 0.185. The summed E-state index contributed by atoms with van der Waals surface area (Å²) in [5, 5.41) is 0. The summed E-state index contributed by atoms with van der Waals surface area (Å²) in [4.78, 5) is 33.9. The van der Waals surface area contributed by atoms with Crippen molar-refractivity contribution in [2.75, 3.05) is 13.7 Å². The lowest BCUT2D eigenvalue weighted by Gasteiger charge is -2.12. The number of rotatable bonds is 8. The minimum Gasteiger partial charge on any atom is -0.494 e. The topological polar surface area (TPSA) is 141 Å². The fourth-order valence-corrected chi connectivity index (χ4v) is 3.63. The molecule has 0 aromatic carbocycles. The SMILES string of the molecule is CCCOc1ccc(-c2cnc(N=Cc3cnc(C)cc3-c3cc(C)ncc3OC)c(=S)[nH]2)nc1.NC=O. The average Bonchev–Trinajstić information content (AvgIpc) is 2.92. The number of nitrogens with zero attached hydrogens (tertiary/aromatic N) is 5. The van der Waals surface area contributed by atoms with Gasteiger partial charge >= 0.3 is 0 Å². The molecule has 0 fully saturated rings. The van der Waals surface area contributed by atoms with Crippen LogP contribution in [-0.4, -0.2) is 51.3 Å². The van der Waals surface area contributed by atoms with Crippen molar-refractivity contribution in [1.82, 2.24) is 24.9 Å². The molecular weight excluding hydrogens is 502 g/mol. The standard InChI is InChI=1S/C26H26N6O2S.CH3NO/c1-5-8-34-19-6-7-22(29-13-19)23-14-31-25(26(35)32-23)30-12-18-11-27-16(2)9-20(18)21-10-17(3)28-15-24(21)33-4;2-1-3/h6-7,9-15H,5,8H2,1-4H3,(H,32,35);1H,(H2,2,3). The lowest BCUT2D eigenvalue weighted by molar-refractivity contribution is -0.106. The summed E-state index contributed by atoms with van der Waals surface area (Å²) in [5.74, 6) is 1.80. The molecule has 0 aliphatic heterocycles. The Bertz CT molecular complexity index is 1470. The number of hydrogen-bond acceptors (Lipinski definition) is 9. The molecule has 196 valence electrons. The minimum atomic E-state index is 0.250. The van der Waals surface area contributed by atoms with Crippen LogP contribution in [-0.2, 0) is 4.79 Å². The summed E-state index contributed by atoms with van der Waals surface area (Å²) in [6, 6.07) is 7.72. The summed E-state index contributed by atoms with van der Waals surface area (Å²) >= 11 is 5.51. The number of aliphatic imine (C=N–C) groups is 1. The van der Waals surface area contributed by atoms with E-state index in [0.717, 1.165) is 40.2 Å². The number of H-pyrrole nitrogens is 1. The van der Waals surface area contributed by atoms with Crippen LogP contribution >= 0.6 is 12.2 Å². The summed E-state index contributed by atoms with van der Waals surface area (Å²) in [6.07, 6.45) is 9.75. The van der Waals surface area contributed by atoms with Gasteiger partial charge in [0.1, 0.15) is 16.1 Å². The van der Waals surface area contributed by atoms with E-state index < -0.39 is 0 Å². The third kappa shape index (κ3) is 7.26. The van der Waals surface area contributed by atoms with Gasteiger partial charge < -0.3 is 20.2 Å². The zero-order valence-electron chi connectivity index (χ0n) is 21.6. The molecule has 3 N–H and O–H groups in total. The predicted octanol–water partition coefficient (Wildman–Crippen LogP) is 4.92. The first-order valence-corrected chi connectivity index (χ1v) is 12.2. The van der Waals surface area contributed by atoms with E-state index in [1.165, 1.54) is 0 Å². The van der Waals surface area contributed by atoms with Crippen LogP contribution in [0.4, 0.5) is 5.82 Å². The third-order valence-corrected chi connectivity index (χ3v) is 5.45. The number of amides is 1. The number of pyridine rings is 3. The number of carbonyl (C=O) groups excluding carboxylic acids is 1. The molecule has 4 rings (SSSR count). The lowest BCUT2D eigenvalue weighted by Crippen LogP contribution is -1.97. The molecule has 1 amide bonds. The zero-order valence-corrected chi connectivity index (χ0v) is 22.5. The Morgan fingerprint density at radius 1 is 1.03 bits per heavy atom. The van der Waals surface area contributed by atoms with Gasteiger partial charge in [0, 0.05) is 34.9 Å². The van der Waals surface area contributed by atoms with E-state index in [9.17, 15) is 0 Å². The molecule has 0 atom stereocenters. The molecule has 0 aliphatic carbocycles. The highest BCUT2D eigenvalue weighted by atomic mass is 32.1. The number of ether oxygens (including phenoxy) is 2. The van der Waals surface area contributed by atoms with Gasteiger partial charge in [0.05, 0.1) is 43.7 Å². The van der Waals surface area contributed by atoms with Gasteiger partial charge in [-0.15, -0.1) is 0 Å². The molecule has 4 aromatic rings. The van der Waals surface area contributed by atoms with Gasteiger partial charge in [0.25, 0.3) is 0 Å². The fraction of sp³-hybridized carbons (Fsp3) is 0.222. The van der Waals surface area contributed by atoms with Crippen LogP contribution in [0.5, 0.6) is 11.5 Å². The first kappa shape index (κ1) is 28.1. The molecule has 0 unspecified atom stereocenters. The number of aromatic amines is 1. The summed E-state index contributed by atoms with van der Waals surface area (Å²) < 4.78 is 11.5. The molecule has 0 saturated heterocycles. The number of nitrogens with one attached hydrogen (secondary N) is 1. The molecule has 4 heterocycles. The second-order valence-electron chi connectivity index (χ2n) is 8.01. The number of aromatic nitrogens is 5. The number of methoxy groups -OCH3 is 1. The molecule has 0 bridgehead atoms. The van der Waals surface area contributed by atoms with Gasteiger partial charge in [0.2, 0.25) is 6.41 Å². The van der Waals surface area contributed by atoms with E-state index in [4.69, 9.17) is 26.5 Å². The second kappa shape index (κ2) is 13.7. The van der Waals surface area contributed by atoms with Crippen molar-refractivity contribution in [3.05, 3.63) is 70.6 Å².